The molecule has 1 aromatic carbocycles. The lowest BCUT2D eigenvalue weighted by atomic mass is 9.50. The van der Waals surface area contributed by atoms with E-state index in [1.165, 1.54) is 11.1 Å². The van der Waals surface area contributed by atoms with Crippen LogP contribution in [0.4, 0.5) is 8.78 Å². The van der Waals surface area contributed by atoms with Crippen LogP contribution in [0.1, 0.15) is 63.4 Å². The molecule has 4 aliphatic carbocycles. The summed E-state index contributed by atoms with van der Waals surface area (Å²) in [5.41, 5.74) is 2.68. The average molecular weight is 491 g/mol. The van der Waals surface area contributed by atoms with Crippen LogP contribution < -0.4 is 0 Å². The van der Waals surface area contributed by atoms with Gasteiger partial charge in [-0.2, -0.15) is 8.78 Å². The number of nitrogens with zero attached hydrogens (tertiary/aromatic N) is 2. The lowest BCUT2D eigenvalue weighted by Crippen LogP contribution is -2.59. The van der Waals surface area contributed by atoms with E-state index in [-0.39, 0.29) is 30.0 Å². The van der Waals surface area contributed by atoms with E-state index in [0.717, 1.165) is 36.1 Å². The molecular formula is C30H32F2N2O2. The van der Waals surface area contributed by atoms with Crippen LogP contribution in [0.25, 0.3) is 5.69 Å². The van der Waals surface area contributed by atoms with Gasteiger partial charge in [-0.05, 0) is 91.4 Å². The van der Waals surface area contributed by atoms with Crippen LogP contribution in [0.3, 0.4) is 0 Å². The largest absolute Gasteiger partial charge is 0.383 e. The summed E-state index contributed by atoms with van der Waals surface area (Å²) in [4.78, 5) is 16.3. The zero-order chi connectivity index (χ0) is 25.3. The molecule has 4 aliphatic rings. The van der Waals surface area contributed by atoms with E-state index in [0.29, 0.717) is 25.3 Å². The maximum absolute atomic E-state index is 15.3. The van der Waals surface area contributed by atoms with Gasteiger partial charge in [0.15, 0.2) is 5.78 Å². The molecule has 36 heavy (non-hydrogen) atoms. The van der Waals surface area contributed by atoms with E-state index in [1.54, 1.807) is 12.5 Å². The van der Waals surface area contributed by atoms with E-state index < -0.39 is 16.9 Å². The molecule has 188 valence electrons. The first-order chi connectivity index (χ1) is 17.2. The summed E-state index contributed by atoms with van der Waals surface area (Å²) in [6.45, 7) is 5.26. The van der Waals surface area contributed by atoms with Crippen molar-refractivity contribution < 1.29 is 18.7 Å². The standard InChI is InChI=1S/C30H32F2N2O2/c1-3-30(31,32)29(36)13-12-26-24-10-6-20-16-22(35)9-11-23(20)27(24)25(17-28(26,29)2)19-4-7-21(8-5-19)34-15-14-33-18-34/h3-5,7-8,14-16,18,24-26,36H,1,6,9-13,17H2,2H3. The lowest BCUT2D eigenvalue weighted by molar-refractivity contribution is -0.213. The first kappa shape index (κ1) is 23.5. The highest BCUT2D eigenvalue weighted by atomic mass is 19.3. The number of aromatic nitrogens is 2. The Labute approximate surface area is 210 Å². The van der Waals surface area contributed by atoms with Gasteiger partial charge in [0.05, 0.1) is 6.33 Å². The van der Waals surface area contributed by atoms with Gasteiger partial charge in [-0.15, -0.1) is 0 Å². The van der Waals surface area contributed by atoms with Gasteiger partial charge in [-0.25, -0.2) is 4.98 Å². The number of carbonyl (C=O) groups excluding carboxylic acids is 1. The van der Waals surface area contributed by atoms with Crippen LogP contribution >= 0.6 is 0 Å². The summed E-state index contributed by atoms with van der Waals surface area (Å²) in [5, 5.41) is 11.7. The van der Waals surface area contributed by atoms with Gasteiger partial charge < -0.3 is 9.67 Å². The fourth-order valence-electron chi connectivity index (χ4n) is 7.97. The number of halogens is 2. The molecule has 2 aromatic rings. The molecule has 5 atom stereocenters. The van der Waals surface area contributed by atoms with Crippen molar-refractivity contribution in [2.45, 2.75) is 69.3 Å². The van der Waals surface area contributed by atoms with E-state index >= 15 is 8.78 Å². The Morgan fingerprint density at radius 2 is 1.97 bits per heavy atom. The van der Waals surface area contributed by atoms with Gasteiger partial charge in [0.2, 0.25) is 0 Å². The Hall–Kier alpha value is -2.86. The van der Waals surface area contributed by atoms with Gasteiger partial charge in [0.1, 0.15) is 5.60 Å². The number of aliphatic hydroxyl groups is 1. The molecule has 1 aromatic heterocycles. The monoisotopic (exact) mass is 490 g/mol. The van der Waals surface area contributed by atoms with Crippen molar-refractivity contribution in [3.8, 4) is 5.69 Å². The Balaban J connectivity index is 1.50. The van der Waals surface area contributed by atoms with Gasteiger partial charge >= 0.3 is 0 Å². The van der Waals surface area contributed by atoms with Crippen LogP contribution in [0.2, 0.25) is 0 Å². The molecule has 0 spiro atoms. The first-order valence-electron chi connectivity index (χ1n) is 13.0. The molecule has 1 N–H and O–H groups in total. The molecule has 0 amide bonds. The van der Waals surface area contributed by atoms with E-state index in [9.17, 15) is 9.90 Å². The van der Waals surface area contributed by atoms with Gasteiger partial charge in [-0.3, -0.25) is 4.79 Å². The van der Waals surface area contributed by atoms with Crippen molar-refractivity contribution >= 4 is 5.78 Å². The Kier molecular flexibility index (Phi) is 5.28. The molecule has 1 heterocycles. The van der Waals surface area contributed by atoms with Crippen molar-refractivity contribution in [3.05, 3.63) is 84.0 Å². The highest BCUT2D eigenvalue weighted by Gasteiger charge is 2.70. The second kappa shape index (κ2) is 8.07. The van der Waals surface area contributed by atoms with Crippen LogP contribution in [0, 0.1) is 17.3 Å². The molecule has 2 fully saturated rings. The minimum absolute atomic E-state index is 0.0310. The number of rotatable bonds is 4. The third-order valence-corrected chi connectivity index (χ3v) is 9.79. The van der Waals surface area contributed by atoms with Crippen LogP contribution in [-0.4, -0.2) is 32.0 Å². The predicted octanol–water partition coefficient (Wildman–Crippen LogP) is 6.32. The maximum atomic E-state index is 15.3. The highest BCUT2D eigenvalue weighted by molar-refractivity contribution is 5.93. The molecule has 6 rings (SSSR count). The minimum Gasteiger partial charge on any atom is -0.383 e. The number of hydrogen-bond donors (Lipinski definition) is 1. The fourth-order valence-corrected chi connectivity index (χ4v) is 7.97. The van der Waals surface area contributed by atoms with Crippen molar-refractivity contribution in [2.24, 2.45) is 17.3 Å². The second-order valence-corrected chi connectivity index (χ2v) is 11.3. The third-order valence-electron chi connectivity index (χ3n) is 9.79. The molecular weight excluding hydrogens is 458 g/mol. The van der Waals surface area contributed by atoms with Gasteiger partial charge in [-0.1, -0.05) is 31.2 Å². The summed E-state index contributed by atoms with van der Waals surface area (Å²) in [6.07, 6.45) is 11.7. The molecule has 0 bridgehead atoms. The van der Waals surface area contributed by atoms with E-state index in [1.807, 2.05) is 35.9 Å². The number of fused-ring (bicyclic) bond motifs is 4. The number of imidazole rings is 1. The molecule has 2 saturated carbocycles. The summed E-state index contributed by atoms with van der Waals surface area (Å²) in [6, 6.07) is 8.24. The lowest BCUT2D eigenvalue weighted by Gasteiger charge is -2.55. The zero-order valence-corrected chi connectivity index (χ0v) is 20.6. The summed E-state index contributed by atoms with van der Waals surface area (Å²) in [7, 11) is 0. The van der Waals surface area contributed by atoms with Crippen LogP contribution in [0.5, 0.6) is 0 Å². The van der Waals surface area contributed by atoms with Crippen molar-refractivity contribution in [3.63, 3.8) is 0 Å². The topological polar surface area (TPSA) is 55.1 Å². The van der Waals surface area contributed by atoms with Crippen LogP contribution in [0.15, 0.2) is 78.4 Å². The molecule has 5 unspecified atom stereocenters. The first-order valence-corrected chi connectivity index (χ1v) is 13.0. The SMILES string of the molecule is C=CC(F)(F)C1(O)CCC2C3CCC4=CC(=O)CCC4=C3C(c3ccc(-n4ccnc4)cc3)CC21C. The summed E-state index contributed by atoms with van der Waals surface area (Å²) >= 11 is 0. The van der Waals surface area contributed by atoms with Gasteiger partial charge in [0, 0.05) is 35.8 Å². The average Bonchev–Trinajstić information content (AvgIpc) is 3.51. The molecule has 4 nitrogen and oxygen atoms in total. The van der Waals surface area contributed by atoms with Crippen molar-refractivity contribution in [2.75, 3.05) is 0 Å². The molecule has 0 aliphatic heterocycles. The molecule has 6 heteroatoms. The Morgan fingerprint density at radius 1 is 1.19 bits per heavy atom. The molecule has 0 saturated heterocycles. The number of alkyl halides is 2. The van der Waals surface area contributed by atoms with Crippen LogP contribution in [-0.2, 0) is 4.79 Å². The summed E-state index contributed by atoms with van der Waals surface area (Å²) in [5.74, 6) is -3.19. The highest BCUT2D eigenvalue weighted by Crippen LogP contribution is 2.69. The van der Waals surface area contributed by atoms with Gasteiger partial charge in [0.25, 0.3) is 5.92 Å². The number of benzene rings is 1. The van der Waals surface area contributed by atoms with E-state index in [2.05, 4.69) is 23.7 Å². The second-order valence-electron chi connectivity index (χ2n) is 11.3. The van der Waals surface area contributed by atoms with Crippen molar-refractivity contribution in [1.29, 1.82) is 0 Å². The number of ketones is 1. The smallest absolute Gasteiger partial charge is 0.294 e. The number of carbonyl (C=O) groups is 1. The summed E-state index contributed by atoms with van der Waals surface area (Å²) < 4.78 is 32.5. The minimum atomic E-state index is -3.37. The Morgan fingerprint density at radius 3 is 2.67 bits per heavy atom. The van der Waals surface area contributed by atoms with E-state index in [4.69, 9.17) is 0 Å². The molecule has 0 radical (unpaired) electrons. The maximum Gasteiger partial charge on any atom is 0.294 e. The quantitative estimate of drug-likeness (QED) is 0.510. The number of allylic oxidation sites excluding steroid dienone is 4. The fraction of sp³-hybridized carbons (Fsp3) is 0.467. The normalized spacial score (nSPS) is 34.1. The number of hydrogen-bond acceptors (Lipinski definition) is 3. The Bertz CT molecular complexity index is 1280. The van der Waals surface area contributed by atoms with Crippen molar-refractivity contribution in [1.82, 2.24) is 9.55 Å². The predicted molar refractivity (Wildman–Crippen MR) is 134 cm³/mol. The third kappa shape index (κ3) is 3.19. The zero-order valence-electron chi connectivity index (χ0n) is 20.6.